The fourth-order valence-corrected chi connectivity index (χ4v) is 2.38. The maximum atomic E-state index is 6.32. The molecule has 0 radical (unpaired) electrons. The number of aromatic nitrogens is 2. The summed E-state index contributed by atoms with van der Waals surface area (Å²) < 4.78 is 13.1. The van der Waals surface area contributed by atoms with Crippen LogP contribution in [0.2, 0.25) is 0 Å². The van der Waals surface area contributed by atoms with Gasteiger partial charge in [0.25, 0.3) is 0 Å². The van der Waals surface area contributed by atoms with E-state index >= 15 is 0 Å². The SMILES string of the molecule is CCCCOCCn1cncc1C(N)C1CCOC1. The maximum absolute atomic E-state index is 6.32. The molecule has 0 amide bonds. The molecule has 0 aromatic carbocycles. The van der Waals surface area contributed by atoms with Crippen LogP contribution >= 0.6 is 0 Å². The van der Waals surface area contributed by atoms with E-state index in [1.165, 1.54) is 6.42 Å². The summed E-state index contributed by atoms with van der Waals surface area (Å²) in [5.74, 6) is 0.413. The van der Waals surface area contributed by atoms with Crippen molar-refractivity contribution in [3.8, 4) is 0 Å². The van der Waals surface area contributed by atoms with Crippen LogP contribution in [-0.4, -0.2) is 36.0 Å². The van der Waals surface area contributed by atoms with Crippen molar-refractivity contribution >= 4 is 0 Å². The summed E-state index contributed by atoms with van der Waals surface area (Å²) in [5, 5.41) is 0. The maximum Gasteiger partial charge on any atom is 0.0949 e. The number of rotatable bonds is 8. The van der Waals surface area contributed by atoms with Gasteiger partial charge in [0, 0.05) is 31.9 Å². The van der Waals surface area contributed by atoms with Crippen LogP contribution in [0, 0.1) is 5.92 Å². The van der Waals surface area contributed by atoms with Gasteiger partial charge in [0.1, 0.15) is 0 Å². The fourth-order valence-electron chi connectivity index (χ4n) is 2.38. The van der Waals surface area contributed by atoms with Gasteiger partial charge in [-0.3, -0.25) is 0 Å². The average molecular weight is 267 g/mol. The minimum Gasteiger partial charge on any atom is -0.381 e. The quantitative estimate of drug-likeness (QED) is 0.729. The summed E-state index contributed by atoms with van der Waals surface area (Å²) in [6.07, 6.45) is 7.04. The number of nitrogens with two attached hydrogens (primary N) is 1. The molecule has 2 N–H and O–H groups in total. The molecule has 1 aromatic heterocycles. The summed E-state index contributed by atoms with van der Waals surface area (Å²) in [5.41, 5.74) is 7.41. The van der Waals surface area contributed by atoms with Crippen LogP contribution in [0.5, 0.6) is 0 Å². The van der Waals surface area contributed by atoms with Crippen LogP contribution in [0.25, 0.3) is 0 Å². The van der Waals surface area contributed by atoms with Crippen molar-refractivity contribution in [3.63, 3.8) is 0 Å². The van der Waals surface area contributed by atoms with E-state index in [1.54, 1.807) is 0 Å². The lowest BCUT2D eigenvalue weighted by Crippen LogP contribution is -2.25. The first-order valence-electron chi connectivity index (χ1n) is 7.24. The third-order valence-corrected chi connectivity index (χ3v) is 3.68. The van der Waals surface area contributed by atoms with Gasteiger partial charge in [-0.25, -0.2) is 4.98 Å². The first-order chi connectivity index (χ1) is 9.33. The number of hydrogen-bond acceptors (Lipinski definition) is 4. The van der Waals surface area contributed by atoms with Crippen LogP contribution in [0.1, 0.15) is 37.9 Å². The zero-order chi connectivity index (χ0) is 13.5. The van der Waals surface area contributed by atoms with Crippen molar-refractivity contribution in [2.24, 2.45) is 11.7 Å². The highest BCUT2D eigenvalue weighted by molar-refractivity contribution is 5.07. The van der Waals surface area contributed by atoms with Crippen LogP contribution in [0.4, 0.5) is 0 Å². The van der Waals surface area contributed by atoms with E-state index in [0.29, 0.717) is 5.92 Å². The molecular formula is C14H25N3O2. The van der Waals surface area contributed by atoms with Gasteiger partial charge in [-0.2, -0.15) is 0 Å². The van der Waals surface area contributed by atoms with Gasteiger partial charge >= 0.3 is 0 Å². The molecule has 1 aromatic rings. The molecule has 1 fully saturated rings. The zero-order valence-corrected chi connectivity index (χ0v) is 11.8. The van der Waals surface area contributed by atoms with E-state index in [1.807, 2.05) is 12.5 Å². The van der Waals surface area contributed by atoms with Crippen molar-refractivity contribution in [1.29, 1.82) is 0 Å². The normalized spacial score (nSPS) is 20.8. The third kappa shape index (κ3) is 4.03. The highest BCUT2D eigenvalue weighted by Crippen LogP contribution is 2.26. The molecule has 19 heavy (non-hydrogen) atoms. The first kappa shape index (κ1) is 14.5. The Labute approximate surface area is 115 Å². The van der Waals surface area contributed by atoms with E-state index < -0.39 is 0 Å². The predicted octanol–water partition coefficient (Wildman–Crippen LogP) is 1.74. The van der Waals surface area contributed by atoms with Crippen LogP contribution in [0.3, 0.4) is 0 Å². The van der Waals surface area contributed by atoms with Crippen molar-refractivity contribution in [2.75, 3.05) is 26.4 Å². The van der Waals surface area contributed by atoms with Crippen LogP contribution in [0.15, 0.2) is 12.5 Å². The van der Waals surface area contributed by atoms with Gasteiger partial charge in [0.05, 0.1) is 31.3 Å². The molecule has 0 spiro atoms. The molecule has 2 rings (SSSR count). The molecule has 2 atom stereocenters. The van der Waals surface area contributed by atoms with E-state index in [4.69, 9.17) is 15.2 Å². The fraction of sp³-hybridized carbons (Fsp3) is 0.786. The molecule has 5 nitrogen and oxygen atoms in total. The Bertz CT molecular complexity index is 361. The monoisotopic (exact) mass is 267 g/mol. The van der Waals surface area contributed by atoms with Crippen molar-refractivity contribution in [3.05, 3.63) is 18.2 Å². The number of unbranched alkanes of at least 4 members (excludes halogenated alkanes) is 1. The first-order valence-corrected chi connectivity index (χ1v) is 7.24. The molecule has 1 saturated heterocycles. The van der Waals surface area contributed by atoms with Crippen molar-refractivity contribution < 1.29 is 9.47 Å². The third-order valence-electron chi connectivity index (χ3n) is 3.68. The van der Waals surface area contributed by atoms with E-state index in [9.17, 15) is 0 Å². The number of hydrogen-bond donors (Lipinski definition) is 1. The Hall–Kier alpha value is -0.910. The lowest BCUT2D eigenvalue weighted by atomic mass is 9.97. The van der Waals surface area contributed by atoms with Crippen molar-refractivity contribution in [2.45, 2.75) is 38.8 Å². The highest BCUT2D eigenvalue weighted by Gasteiger charge is 2.26. The standard InChI is InChI=1S/C14H25N3O2/c1-2-3-6-18-8-5-17-11-16-9-13(17)14(15)12-4-7-19-10-12/h9,11-12,14H,2-8,10,15H2,1H3. The molecule has 5 heteroatoms. The van der Waals surface area contributed by atoms with Gasteiger partial charge < -0.3 is 19.8 Å². The van der Waals surface area contributed by atoms with E-state index in [-0.39, 0.29) is 6.04 Å². The average Bonchev–Trinajstić information content (AvgIpc) is 3.09. The van der Waals surface area contributed by atoms with Gasteiger partial charge in [0.15, 0.2) is 0 Å². The molecule has 0 saturated carbocycles. The Morgan fingerprint density at radius 2 is 2.47 bits per heavy atom. The molecule has 0 aliphatic carbocycles. The Balaban J connectivity index is 1.82. The van der Waals surface area contributed by atoms with Gasteiger partial charge in [-0.1, -0.05) is 13.3 Å². The summed E-state index contributed by atoms with van der Waals surface area (Å²) >= 11 is 0. The Kier molecular flexibility index (Phi) is 5.82. The second kappa shape index (κ2) is 7.62. The van der Waals surface area contributed by atoms with Crippen molar-refractivity contribution in [1.82, 2.24) is 9.55 Å². The summed E-state index contributed by atoms with van der Waals surface area (Å²) in [6, 6.07) is 0.0145. The highest BCUT2D eigenvalue weighted by atomic mass is 16.5. The topological polar surface area (TPSA) is 62.3 Å². The predicted molar refractivity (Wildman–Crippen MR) is 73.8 cm³/mol. The molecule has 2 unspecified atom stereocenters. The van der Waals surface area contributed by atoms with Gasteiger partial charge in [0.2, 0.25) is 0 Å². The molecule has 1 aliphatic heterocycles. The van der Waals surface area contributed by atoms with Crippen LogP contribution in [-0.2, 0) is 16.0 Å². The lowest BCUT2D eigenvalue weighted by Gasteiger charge is -2.19. The Morgan fingerprint density at radius 3 is 3.21 bits per heavy atom. The minimum atomic E-state index is 0.0145. The molecule has 0 bridgehead atoms. The second-order valence-corrected chi connectivity index (χ2v) is 5.13. The molecular weight excluding hydrogens is 242 g/mol. The lowest BCUT2D eigenvalue weighted by molar-refractivity contribution is 0.122. The number of nitrogens with zero attached hydrogens (tertiary/aromatic N) is 2. The molecule has 1 aliphatic rings. The van der Waals surface area contributed by atoms with Gasteiger partial charge in [-0.15, -0.1) is 0 Å². The summed E-state index contributed by atoms with van der Waals surface area (Å²) in [7, 11) is 0. The van der Waals surface area contributed by atoms with E-state index in [0.717, 1.165) is 51.5 Å². The Morgan fingerprint density at radius 1 is 1.58 bits per heavy atom. The molecule has 108 valence electrons. The number of ether oxygens (including phenoxy) is 2. The van der Waals surface area contributed by atoms with Crippen LogP contribution < -0.4 is 5.73 Å². The zero-order valence-electron chi connectivity index (χ0n) is 11.8. The second-order valence-electron chi connectivity index (χ2n) is 5.13. The number of imidazole rings is 1. The summed E-state index contributed by atoms with van der Waals surface area (Å²) in [4.78, 5) is 4.22. The van der Waals surface area contributed by atoms with Gasteiger partial charge in [-0.05, 0) is 12.8 Å². The minimum absolute atomic E-state index is 0.0145. The largest absolute Gasteiger partial charge is 0.381 e. The smallest absolute Gasteiger partial charge is 0.0949 e. The van der Waals surface area contributed by atoms with E-state index in [2.05, 4.69) is 16.5 Å². The summed E-state index contributed by atoms with van der Waals surface area (Å²) in [6.45, 7) is 6.13. The molecule has 2 heterocycles.